The molecule has 1 aliphatic rings. The molecule has 1 aromatic carbocycles. The minimum atomic E-state index is -0.372. The van der Waals surface area contributed by atoms with Gasteiger partial charge < -0.3 is 5.32 Å². The van der Waals surface area contributed by atoms with Crippen LogP contribution in [0.25, 0.3) is 0 Å². The quantitative estimate of drug-likeness (QED) is 0.920. The molecule has 1 saturated heterocycles. The number of hydrogen-bond acceptors (Lipinski definition) is 2. The third-order valence-corrected chi connectivity index (χ3v) is 3.89. The molecule has 1 heterocycles. The Balaban J connectivity index is 0.00000180. The fraction of sp³-hybridized carbons (Fsp3) is 0.571. The van der Waals surface area contributed by atoms with Gasteiger partial charge in [0.1, 0.15) is 11.6 Å². The van der Waals surface area contributed by atoms with Gasteiger partial charge in [0.05, 0.1) is 0 Å². The molecule has 1 atom stereocenters. The van der Waals surface area contributed by atoms with Gasteiger partial charge in [0.15, 0.2) is 0 Å². The molecule has 2 rings (SSSR count). The smallest absolute Gasteiger partial charge is 0.128 e. The first-order chi connectivity index (χ1) is 8.61. The SMILES string of the molecule is CNC1CCN(C(C)c2cc(F)ccc2F)CC1.Cl. The lowest BCUT2D eigenvalue weighted by Gasteiger charge is -2.36. The highest BCUT2D eigenvalue weighted by Gasteiger charge is 2.24. The Bertz CT molecular complexity index is 406. The lowest BCUT2D eigenvalue weighted by Crippen LogP contribution is -2.42. The lowest BCUT2D eigenvalue weighted by molar-refractivity contribution is 0.152. The van der Waals surface area contributed by atoms with Crippen LogP contribution in [0.5, 0.6) is 0 Å². The fourth-order valence-electron chi connectivity index (χ4n) is 2.61. The first-order valence-corrected chi connectivity index (χ1v) is 6.48. The average molecular weight is 291 g/mol. The highest BCUT2D eigenvalue weighted by molar-refractivity contribution is 5.85. The first-order valence-electron chi connectivity index (χ1n) is 6.48. The predicted molar refractivity (Wildman–Crippen MR) is 75.7 cm³/mol. The maximum atomic E-state index is 13.7. The molecular weight excluding hydrogens is 270 g/mol. The minimum Gasteiger partial charge on any atom is -0.317 e. The normalized spacial score (nSPS) is 18.9. The average Bonchev–Trinajstić information content (AvgIpc) is 2.41. The Morgan fingerprint density at radius 1 is 1.26 bits per heavy atom. The van der Waals surface area contributed by atoms with E-state index in [9.17, 15) is 8.78 Å². The summed E-state index contributed by atoms with van der Waals surface area (Å²) in [7, 11) is 1.97. The van der Waals surface area contributed by atoms with Crippen LogP contribution < -0.4 is 5.32 Å². The van der Waals surface area contributed by atoms with Gasteiger partial charge in [0.2, 0.25) is 0 Å². The van der Waals surface area contributed by atoms with Crippen LogP contribution in [-0.2, 0) is 0 Å². The molecule has 0 amide bonds. The van der Waals surface area contributed by atoms with E-state index < -0.39 is 0 Å². The molecular formula is C14H21ClF2N2. The van der Waals surface area contributed by atoms with Crippen molar-refractivity contribution in [2.45, 2.75) is 31.8 Å². The molecule has 1 N–H and O–H groups in total. The third kappa shape index (κ3) is 3.88. The van der Waals surface area contributed by atoms with Crippen LogP contribution in [0.3, 0.4) is 0 Å². The van der Waals surface area contributed by atoms with Crippen molar-refractivity contribution in [1.82, 2.24) is 10.2 Å². The molecule has 0 bridgehead atoms. The van der Waals surface area contributed by atoms with Crippen molar-refractivity contribution in [1.29, 1.82) is 0 Å². The van der Waals surface area contributed by atoms with E-state index in [1.165, 1.54) is 18.2 Å². The van der Waals surface area contributed by atoms with Gasteiger partial charge in [0.25, 0.3) is 0 Å². The standard InChI is InChI=1S/C14H20F2N2.ClH/c1-10(13-9-11(15)3-4-14(13)16)18-7-5-12(17-2)6-8-18;/h3-4,9-10,12,17H,5-8H2,1-2H3;1H. The predicted octanol–water partition coefficient (Wildman–Crippen LogP) is 3.13. The van der Waals surface area contributed by atoms with E-state index in [-0.39, 0.29) is 30.1 Å². The number of nitrogens with zero attached hydrogens (tertiary/aromatic N) is 1. The van der Waals surface area contributed by atoms with Crippen LogP contribution in [0, 0.1) is 11.6 Å². The van der Waals surface area contributed by atoms with E-state index in [1.807, 2.05) is 14.0 Å². The van der Waals surface area contributed by atoms with Crippen molar-refractivity contribution in [2.24, 2.45) is 0 Å². The summed E-state index contributed by atoms with van der Waals surface area (Å²) in [5.41, 5.74) is 0.456. The molecule has 1 fully saturated rings. The summed E-state index contributed by atoms with van der Waals surface area (Å²) < 4.78 is 26.9. The zero-order valence-corrected chi connectivity index (χ0v) is 12.1. The van der Waals surface area contributed by atoms with Crippen LogP contribution >= 0.6 is 12.4 Å². The van der Waals surface area contributed by atoms with E-state index in [0.717, 1.165) is 25.9 Å². The molecule has 0 spiro atoms. The maximum absolute atomic E-state index is 13.7. The number of piperidine rings is 1. The van der Waals surface area contributed by atoms with Crippen molar-refractivity contribution in [2.75, 3.05) is 20.1 Å². The number of nitrogens with one attached hydrogen (secondary N) is 1. The van der Waals surface area contributed by atoms with Crippen LogP contribution in [0.2, 0.25) is 0 Å². The Morgan fingerprint density at radius 2 is 1.89 bits per heavy atom. The van der Waals surface area contributed by atoms with Crippen LogP contribution in [0.15, 0.2) is 18.2 Å². The molecule has 2 nitrogen and oxygen atoms in total. The minimum absolute atomic E-state index is 0. The summed E-state index contributed by atoms with van der Waals surface area (Å²) in [6.45, 7) is 3.78. The van der Waals surface area contributed by atoms with Gasteiger partial charge in [-0.3, -0.25) is 4.90 Å². The summed E-state index contributed by atoms with van der Waals surface area (Å²) in [6, 6.07) is 4.16. The monoisotopic (exact) mass is 290 g/mol. The number of hydrogen-bond donors (Lipinski definition) is 1. The molecule has 1 unspecified atom stereocenters. The zero-order valence-electron chi connectivity index (χ0n) is 11.3. The zero-order chi connectivity index (χ0) is 13.1. The summed E-state index contributed by atoms with van der Waals surface area (Å²) in [5.74, 6) is -0.692. The third-order valence-electron chi connectivity index (χ3n) is 3.89. The second kappa shape index (κ2) is 7.17. The summed E-state index contributed by atoms with van der Waals surface area (Å²) in [5, 5.41) is 3.26. The highest BCUT2D eigenvalue weighted by Crippen LogP contribution is 2.26. The topological polar surface area (TPSA) is 15.3 Å². The first kappa shape index (κ1) is 16.3. The van der Waals surface area contributed by atoms with Crippen molar-refractivity contribution in [3.63, 3.8) is 0 Å². The van der Waals surface area contributed by atoms with Gasteiger partial charge in [-0.05, 0) is 45.0 Å². The van der Waals surface area contributed by atoms with Gasteiger partial charge in [-0.1, -0.05) is 0 Å². The van der Waals surface area contributed by atoms with Gasteiger partial charge in [-0.15, -0.1) is 12.4 Å². The molecule has 0 saturated carbocycles. The van der Waals surface area contributed by atoms with E-state index in [4.69, 9.17) is 0 Å². The van der Waals surface area contributed by atoms with Gasteiger partial charge >= 0.3 is 0 Å². The second-order valence-corrected chi connectivity index (χ2v) is 4.94. The van der Waals surface area contributed by atoms with Crippen LogP contribution in [0.1, 0.15) is 31.4 Å². The molecule has 1 aliphatic heterocycles. The fourth-order valence-corrected chi connectivity index (χ4v) is 2.61. The number of halogens is 3. The largest absolute Gasteiger partial charge is 0.317 e. The summed E-state index contributed by atoms with van der Waals surface area (Å²) in [6.07, 6.45) is 2.11. The van der Waals surface area contributed by atoms with E-state index in [2.05, 4.69) is 10.2 Å². The van der Waals surface area contributed by atoms with Gasteiger partial charge in [-0.2, -0.15) is 0 Å². The number of likely N-dealkylation sites (tertiary alicyclic amines) is 1. The molecule has 0 radical (unpaired) electrons. The number of rotatable bonds is 3. The molecule has 0 aromatic heterocycles. The molecule has 1 aromatic rings. The Kier molecular flexibility index (Phi) is 6.17. The summed E-state index contributed by atoms with van der Waals surface area (Å²) >= 11 is 0. The van der Waals surface area contributed by atoms with Crippen LogP contribution in [0.4, 0.5) is 8.78 Å². The number of benzene rings is 1. The highest BCUT2D eigenvalue weighted by atomic mass is 35.5. The van der Waals surface area contributed by atoms with Crippen molar-refractivity contribution in [3.8, 4) is 0 Å². The van der Waals surface area contributed by atoms with E-state index in [0.29, 0.717) is 11.6 Å². The second-order valence-electron chi connectivity index (χ2n) is 4.94. The molecule has 5 heteroatoms. The van der Waals surface area contributed by atoms with E-state index >= 15 is 0 Å². The Hall–Kier alpha value is -0.710. The van der Waals surface area contributed by atoms with Gasteiger partial charge in [0, 0.05) is 30.7 Å². The van der Waals surface area contributed by atoms with Crippen molar-refractivity contribution >= 4 is 12.4 Å². The Labute approximate surface area is 119 Å². The summed E-state index contributed by atoms with van der Waals surface area (Å²) in [4.78, 5) is 2.21. The molecule has 108 valence electrons. The van der Waals surface area contributed by atoms with Crippen LogP contribution in [-0.4, -0.2) is 31.1 Å². The lowest BCUT2D eigenvalue weighted by atomic mass is 10.00. The van der Waals surface area contributed by atoms with E-state index in [1.54, 1.807) is 0 Å². The van der Waals surface area contributed by atoms with Gasteiger partial charge in [-0.25, -0.2) is 8.78 Å². The van der Waals surface area contributed by atoms with Crippen molar-refractivity contribution in [3.05, 3.63) is 35.4 Å². The maximum Gasteiger partial charge on any atom is 0.128 e. The Morgan fingerprint density at radius 3 is 2.47 bits per heavy atom. The molecule has 0 aliphatic carbocycles. The molecule has 19 heavy (non-hydrogen) atoms. The van der Waals surface area contributed by atoms with Crippen molar-refractivity contribution < 1.29 is 8.78 Å².